The Hall–Kier alpha value is -3.26. The lowest BCUT2D eigenvalue weighted by Gasteiger charge is -2.30. The predicted octanol–water partition coefficient (Wildman–Crippen LogP) is 3.90. The van der Waals surface area contributed by atoms with E-state index in [-0.39, 0.29) is 6.79 Å². The fraction of sp³-hybridized carbons (Fsp3) is 0.182. The molecule has 2 aromatic rings. The van der Waals surface area contributed by atoms with Crippen LogP contribution < -0.4 is 14.4 Å². The molecule has 154 valence electrons. The molecule has 7 nitrogen and oxygen atoms in total. The Kier molecular flexibility index (Phi) is 5.50. The first-order valence-corrected chi connectivity index (χ1v) is 9.84. The number of methoxy groups -OCH3 is 2. The van der Waals surface area contributed by atoms with Crippen molar-refractivity contribution in [2.24, 2.45) is 0 Å². The van der Waals surface area contributed by atoms with Crippen molar-refractivity contribution in [2.45, 2.75) is 5.92 Å². The Morgan fingerprint density at radius 3 is 2.13 bits per heavy atom. The molecule has 4 rings (SSSR count). The second-order valence-electron chi connectivity index (χ2n) is 6.58. The number of carbonyl (C=O) groups is 2. The summed E-state index contributed by atoms with van der Waals surface area (Å²) in [6.07, 6.45) is 3.33. The van der Waals surface area contributed by atoms with E-state index in [4.69, 9.17) is 18.9 Å². The van der Waals surface area contributed by atoms with Gasteiger partial charge < -0.3 is 23.8 Å². The molecule has 0 saturated carbocycles. The number of ether oxygens (including phenoxy) is 4. The highest BCUT2D eigenvalue weighted by Crippen LogP contribution is 2.42. The fourth-order valence-corrected chi connectivity index (χ4v) is 3.71. The lowest BCUT2D eigenvalue weighted by Crippen LogP contribution is -2.28. The number of benzene rings is 2. The Labute approximate surface area is 181 Å². The number of halogens is 1. The van der Waals surface area contributed by atoms with Crippen molar-refractivity contribution in [2.75, 3.05) is 25.9 Å². The van der Waals surface area contributed by atoms with Crippen molar-refractivity contribution in [3.8, 4) is 11.5 Å². The van der Waals surface area contributed by atoms with Crippen LogP contribution in [0, 0.1) is 0 Å². The molecule has 0 N–H and O–H groups in total. The molecule has 0 saturated heterocycles. The maximum absolute atomic E-state index is 12.7. The van der Waals surface area contributed by atoms with Crippen LogP contribution >= 0.6 is 15.9 Å². The first-order chi connectivity index (χ1) is 14.5. The van der Waals surface area contributed by atoms with E-state index in [1.807, 2.05) is 24.3 Å². The number of hydrogen-bond donors (Lipinski definition) is 0. The minimum absolute atomic E-state index is 0.125. The number of carbonyl (C=O) groups excluding carboxylic acids is 2. The zero-order valence-electron chi connectivity index (χ0n) is 16.3. The van der Waals surface area contributed by atoms with Gasteiger partial charge in [0.25, 0.3) is 0 Å². The fourth-order valence-electron chi connectivity index (χ4n) is 3.44. The topological polar surface area (TPSA) is 74.3 Å². The molecule has 0 bridgehead atoms. The lowest BCUT2D eigenvalue weighted by atomic mass is 9.83. The monoisotopic (exact) mass is 471 g/mol. The summed E-state index contributed by atoms with van der Waals surface area (Å²) in [5.41, 5.74) is 2.04. The van der Waals surface area contributed by atoms with Gasteiger partial charge in [-0.05, 0) is 42.0 Å². The van der Waals surface area contributed by atoms with Gasteiger partial charge in [-0.15, -0.1) is 0 Å². The third-order valence-electron chi connectivity index (χ3n) is 4.88. The molecule has 0 spiro atoms. The maximum Gasteiger partial charge on any atom is 0.336 e. The Bertz CT molecular complexity index is 1030. The van der Waals surface area contributed by atoms with Gasteiger partial charge in [-0.1, -0.05) is 22.0 Å². The van der Waals surface area contributed by atoms with Gasteiger partial charge in [-0.2, -0.15) is 0 Å². The lowest BCUT2D eigenvalue weighted by molar-refractivity contribution is -0.137. The zero-order valence-corrected chi connectivity index (χ0v) is 17.8. The van der Waals surface area contributed by atoms with Crippen LogP contribution in [0.25, 0.3) is 0 Å². The Morgan fingerprint density at radius 2 is 1.53 bits per heavy atom. The van der Waals surface area contributed by atoms with Crippen LogP contribution in [-0.4, -0.2) is 33.0 Å². The van der Waals surface area contributed by atoms with E-state index in [0.717, 1.165) is 10.2 Å². The van der Waals surface area contributed by atoms with Crippen LogP contribution in [0.4, 0.5) is 5.69 Å². The highest BCUT2D eigenvalue weighted by atomic mass is 79.9. The maximum atomic E-state index is 12.7. The van der Waals surface area contributed by atoms with Gasteiger partial charge >= 0.3 is 11.9 Å². The molecule has 2 heterocycles. The summed E-state index contributed by atoms with van der Waals surface area (Å²) in [7, 11) is 2.61. The van der Waals surface area contributed by atoms with E-state index in [1.54, 1.807) is 35.5 Å². The second kappa shape index (κ2) is 8.23. The van der Waals surface area contributed by atoms with Gasteiger partial charge in [0.05, 0.1) is 31.3 Å². The highest BCUT2D eigenvalue weighted by Gasteiger charge is 2.36. The van der Waals surface area contributed by atoms with E-state index in [9.17, 15) is 9.59 Å². The second-order valence-corrected chi connectivity index (χ2v) is 7.50. The van der Waals surface area contributed by atoms with Crippen LogP contribution in [0.5, 0.6) is 11.5 Å². The minimum atomic E-state index is -0.689. The molecule has 30 heavy (non-hydrogen) atoms. The molecule has 2 aliphatic heterocycles. The van der Waals surface area contributed by atoms with Crippen LogP contribution in [0.2, 0.25) is 0 Å². The van der Waals surface area contributed by atoms with Crippen LogP contribution in [0.3, 0.4) is 0 Å². The number of anilines is 1. The average molecular weight is 472 g/mol. The number of fused-ring (bicyclic) bond motifs is 1. The number of hydrogen-bond acceptors (Lipinski definition) is 7. The van der Waals surface area contributed by atoms with Crippen molar-refractivity contribution >= 4 is 33.6 Å². The van der Waals surface area contributed by atoms with Crippen molar-refractivity contribution in [3.63, 3.8) is 0 Å². The van der Waals surface area contributed by atoms with Gasteiger partial charge in [-0.3, -0.25) is 0 Å². The summed E-state index contributed by atoms with van der Waals surface area (Å²) in [6.45, 7) is 0.125. The molecule has 0 unspecified atom stereocenters. The molecule has 0 aliphatic carbocycles. The van der Waals surface area contributed by atoms with Crippen LogP contribution in [-0.2, 0) is 19.1 Å². The Balaban J connectivity index is 1.85. The van der Waals surface area contributed by atoms with Crippen molar-refractivity contribution in [3.05, 3.63) is 76.0 Å². The normalized spacial score (nSPS) is 15.4. The third kappa shape index (κ3) is 3.66. The molecule has 0 fully saturated rings. The quantitative estimate of drug-likeness (QED) is 0.625. The number of esters is 2. The van der Waals surface area contributed by atoms with Crippen molar-refractivity contribution in [1.29, 1.82) is 0 Å². The molecule has 2 aliphatic rings. The summed E-state index contributed by atoms with van der Waals surface area (Å²) >= 11 is 3.41. The molecule has 8 heteroatoms. The molecule has 2 aromatic carbocycles. The molecular weight excluding hydrogens is 454 g/mol. The Morgan fingerprint density at radius 1 is 0.933 bits per heavy atom. The number of nitrogens with zero attached hydrogens (tertiary/aromatic N) is 1. The summed E-state index contributed by atoms with van der Waals surface area (Å²) in [5, 5.41) is 0. The van der Waals surface area contributed by atoms with Gasteiger partial charge in [0.2, 0.25) is 6.79 Å². The first-order valence-electron chi connectivity index (χ1n) is 9.05. The SMILES string of the molecule is COC(=O)C1=CN(c2ccc(Br)cc2)C=C(C(=O)OC)C1c1ccc2c(c1)OCO2. The third-order valence-corrected chi connectivity index (χ3v) is 5.40. The smallest absolute Gasteiger partial charge is 0.336 e. The number of rotatable bonds is 4. The summed E-state index contributed by atoms with van der Waals surface area (Å²) in [6, 6.07) is 12.8. The van der Waals surface area contributed by atoms with E-state index < -0.39 is 17.9 Å². The van der Waals surface area contributed by atoms with Crippen molar-refractivity contribution < 1.29 is 28.5 Å². The molecule has 0 amide bonds. The van der Waals surface area contributed by atoms with E-state index >= 15 is 0 Å². The van der Waals surface area contributed by atoms with Gasteiger partial charge in [0, 0.05) is 22.6 Å². The standard InChI is InChI=1S/C22H18BrNO6/c1-27-21(25)16-10-24(15-6-4-14(23)5-7-15)11-17(22(26)28-2)20(16)13-3-8-18-19(9-13)30-12-29-18/h3-11,20H,12H2,1-2H3. The van der Waals surface area contributed by atoms with Crippen LogP contribution in [0.15, 0.2) is 70.5 Å². The largest absolute Gasteiger partial charge is 0.466 e. The zero-order chi connectivity index (χ0) is 21.3. The molecule has 0 atom stereocenters. The van der Waals surface area contributed by atoms with E-state index in [1.165, 1.54) is 14.2 Å². The molecule has 0 radical (unpaired) electrons. The molecular formula is C22H18BrNO6. The summed E-state index contributed by atoms with van der Waals surface area (Å²) in [4.78, 5) is 27.1. The van der Waals surface area contributed by atoms with Crippen molar-refractivity contribution in [1.82, 2.24) is 0 Å². The average Bonchev–Trinajstić information content (AvgIpc) is 3.25. The molecule has 0 aromatic heterocycles. The van der Waals surface area contributed by atoms with E-state index in [0.29, 0.717) is 28.2 Å². The summed E-state index contributed by atoms with van der Waals surface area (Å²) < 4.78 is 21.8. The minimum Gasteiger partial charge on any atom is -0.466 e. The van der Waals surface area contributed by atoms with Gasteiger partial charge in [0.1, 0.15) is 0 Å². The van der Waals surface area contributed by atoms with E-state index in [2.05, 4.69) is 15.9 Å². The van der Waals surface area contributed by atoms with Gasteiger partial charge in [-0.25, -0.2) is 9.59 Å². The summed E-state index contributed by atoms with van der Waals surface area (Å²) in [5.74, 6) is -0.621. The van der Waals surface area contributed by atoms with Crippen LogP contribution in [0.1, 0.15) is 11.5 Å². The first kappa shape index (κ1) is 20.0. The van der Waals surface area contributed by atoms with Gasteiger partial charge in [0.15, 0.2) is 11.5 Å². The highest BCUT2D eigenvalue weighted by molar-refractivity contribution is 9.10. The predicted molar refractivity (Wildman–Crippen MR) is 112 cm³/mol.